The third-order valence-corrected chi connectivity index (χ3v) is 2.86. The molecule has 0 radical (unpaired) electrons. The number of carbonyl (C=O) groups excluding carboxylic acids is 1. The predicted molar refractivity (Wildman–Crippen MR) is 60.9 cm³/mol. The third kappa shape index (κ3) is 3.15. The van der Waals surface area contributed by atoms with Crippen LogP contribution in [-0.2, 0) is 4.74 Å². The van der Waals surface area contributed by atoms with Crippen molar-refractivity contribution in [3.05, 3.63) is 18.1 Å². The Morgan fingerprint density at radius 1 is 1.24 bits per heavy atom. The van der Waals surface area contributed by atoms with Crippen molar-refractivity contribution in [2.24, 2.45) is 0 Å². The van der Waals surface area contributed by atoms with Gasteiger partial charge in [-0.1, -0.05) is 6.42 Å². The molecule has 1 heterocycles. The smallest absolute Gasteiger partial charge is 0.358 e. The second-order valence-electron chi connectivity index (χ2n) is 4.11. The van der Waals surface area contributed by atoms with Crippen molar-refractivity contribution in [2.75, 3.05) is 7.11 Å². The Kier molecular flexibility index (Phi) is 3.90. The Morgan fingerprint density at radius 3 is 2.59 bits per heavy atom. The lowest BCUT2D eigenvalue weighted by molar-refractivity contribution is 0.0593. The van der Waals surface area contributed by atoms with E-state index in [4.69, 9.17) is 4.74 Å². The summed E-state index contributed by atoms with van der Waals surface area (Å²) in [7, 11) is 1.32. The summed E-state index contributed by atoms with van der Waals surface area (Å²) in [4.78, 5) is 19.2. The van der Waals surface area contributed by atoms with Gasteiger partial charge in [-0.15, -0.1) is 0 Å². The van der Waals surface area contributed by atoms with Crippen LogP contribution in [0, 0.1) is 0 Å². The van der Waals surface area contributed by atoms with Crippen molar-refractivity contribution in [3.63, 3.8) is 0 Å². The fourth-order valence-electron chi connectivity index (χ4n) is 1.94. The first-order chi connectivity index (χ1) is 8.29. The molecular weight excluding hydrogens is 220 g/mol. The molecule has 1 aromatic heterocycles. The maximum atomic E-state index is 11.1. The van der Waals surface area contributed by atoms with E-state index in [1.165, 1.54) is 38.8 Å². The van der Waals surface area contributed by atoms with Crippen molar-refractivity contribution in [1.82, 2.24) is 9.97 Å². The number of hydrogen-bond donors (Lipinski definition) is 0. The molecule has 1 aliphatic rings. The highest BCUT2D eigenvalue weighted by molar-refractivity contribution is 5.86. The van der Waals surface area contributed by atoms with Crippen LogP contribution in [0.15, 0.2) is 12.4 Å². The van der Waals surface area contributed by atoms with Gasteiger partial charge in [0.15, 0.2) is 5.69 Å². The minimum atomic E-state index is -0.485. The summed E-state index contributed by atoms with van der Waals surface area (Å²) in [6, 6.07) is 0. The average Bonchev–Trinajstić information content (AvgIpc) is 2.40. The minimum Gasteiger partial charge on any atom is -0.473 e. The molecule has 0 bridgehead atoms. The summed E-state index contributed by atoms with van der Waals surface area (Å²) in [5, 5.41) is 0. The lowest BCUT2D eigenvalue weighted by Crippen LogP contribution is -2.20. The molecule has 0 amide bonds. The van der Waals surface area contributed by atoms with Crippen LogP contribution in [-0.4, -0.2) is 29.2 Å². The van der Waals surface area contributed by atoms with Crippen molar-refractivity contribution < 1.29 is 14.3 Å². The molecule has 17 heavy (non-hydrogen) atoms. The van der Waals surface area contributed by atoms with Crippen LogP contribution in [0.25, 0.3) is 0 Å². The number of carbonyl (C=O) groups is 1. The predicted octanol–water partition coefficient (Wildman–Crippen LogP) is 1.97. The number of ether oxygens (including phenoxy) is 2. The van der Waals surface area contributed by atoms with E-state index in [0.29, 0.717) is 5.88 Å². The van der Waals surface area contributed by atoms with Gasteiger partial charge in [0.2, 0.25) is 5.88 Å². The van der Waals surface area contributed by atoms with Crippen LogP contribution >= 0.6 is 0 Å². The van der Waals surface area contributed by atoms with Crippen molar-refractivity contribution in [3.8, 4) is 5.88 Å². The second kappa shape index (κ2) is 5.61. The monoisotopic (exact) mass is 236 g/mol. The van der Waals surface area contributed by atoms with Crippen LogP contribution in [0.5, 0.6) is 5.88 Å². The quantitative estimate of drug-likeness (QED) is 0.751. The van der Waals surface area contributed by atoms with Crippen LogP contribution in [0.3, 0.4) is 0 Å². The van der Waals surface area contributed by atoms with Gasteiger partial charge in [-0.2, -0.15) is 0 Å². The third-order valence-electron chi connectivity index (χ3n) is 2.86. The van der Waals surface area contributed by atoms with Crippen LogP contribution in [0.2, 0.25) is 0 Å². The molecule has 1 saturated carbocycles. The van der Waals surface area contributed by atoms with E-state index < -0.39 is 5.97 Å². The van der Waals surface area contributed by atoms with E-state index in [-0.39, 0.29) is 11.8 Å². The molecule has 0 saturated heterocycles. The molecule has 0 atom stereocenters. The van der Waals surface area contributed by atoms with Gasteiger partial charge in [0.05, 0.1) is 19.5 Å². The number of hydrogen-bond acceptors (Lipinski definition) is 5. The lowest BCUT2D eigenvalue weighted by atomic mass is 9.98. The maximum Gasteiger partial charge on any atom is 0.358 e. The molecule has 1 aliphatic carbocycles. The molecule has 0 aromatic carbocycles. The first-order valence-corrected chi connectivity index (χ1v) is 5.86. The van der Waals surface area contributed by atoms with Gasteiger partial charge >= 0.3 is 5.97 Å². The molecule has 5 heteroatoms. The Morgan fingerprint density at radius 2 is 2.00 bits per heavy atom. The largest absolute Gasteiger partial charge is 0.473 e. The summed E-state index contributed by atoms with van der Waals surface area (Å²) < 4.78 is 10.2. The van der Waals surface area contributed by atoms with Crippen molar-refractivity contribution in [1.29, 1.82) is 0 Å². The molecule has 92 valence electrons. The highest BCUT2D eigenvalue weighted by atomic mass is 16.5. The summed E-state index contributed by atoms with van der Waals surface area (Å²) >= 11 is 0. The summed E-state index contributed by atoms with van der Waals surface area (Å²) in [5.41, 5.74) is 0.198. The first kappa shape index (κ1) is 11.8. The second-order valence-corrected chi connectivity index (χ2v) is 4.11. The summed E-state index contributed by atoms with van der Waals surface area (Å²) in [6.45, 7) is 0. The molecule has 1 fully saturated rings. The number of aromatic nitrogens is 2. The number of nitrogens with zero attached hydrogens (tertiary/aromatic N) is 2. The Balaban J connectivity index is 1.95. The van der Waals surface area contributed by atoms with Gasteiger partial charge in [0, 0.05) is 0 Å². The van der Waals surface area contributed by atoms with E-state index in [1.54, 1.807) is 0 Å². The normalized spacial score (nSPS) is 16.5. The van der Waals surface area contributed by atoms with Crippen molar-refractivity contribution in [2.45, 2.75) is 38.2 Å². The molecular formula is C12H16N2O3. The summed E-state index contributed by atoms with van der Waals surface area (Å²) in [6.07, 6.45) is 8.93. The average molecular weight is 236 g/mol. The molecule has 0 spiro atoms. The van der Waals surface area contributed by atoms with Gasteiger partial charge in [0.1, 0.15) is 6.10 Å². The molecule has 0 unspecified atom stereocenters. The van der Waals surface area contributed by atoms with E-state index in [9.17, 15) is 4.79 Å². The molecule has 0 aliphatic heterocycles. The van der Waals surface area contributed by atoms with Gasteiger partial charge in [0.25, 0.3) is 0 Å². The topological polar surface area (TPSA) is 61.3 Å². The fraction of sp³-hybridized carbons (Fsp3) is 0.583. The van der Waals surface area contributed by atoms with E-state index in [0.717, 1.165) is 12.8 Å². The standard InChI is InChI=1S/C12H16N2O3/c1-16-12(15)10-7-14-11(8-13-10)17-9-5-3-2-4-6-9/h7-9H,2-6H2,1H3. The zero-order chi connectivity index (χ0) is 12.1. The molecule has 1 aromatic rings. The molecule has 5 nitrogen and oxygen atoms in total. The number of rotatable bonds is 3. The Hall–Kier alpha value is -1.65. The van der Waals surface area contributed by atoms with Crippen molar-refractivity contribution >= 4 is 5.97 Å². The van der Waals surface area contributed by atoms with Gasteiger partial charge in [-0.05, 0) is 25.7 Å². The van der Waals surface area contributed by atoms with E-state index in [2.05, 4.69) is 14.7 Å². The highest BCUT2D eigenvalue weighted by Gasteiger charge is 2.16. The fourth-order valence-corrected chi connectivity index (χ4v) is 1.94. The highest BCUT2D eigenvalue weighted by Crippen LogP contribution is 2.21. The van der Waals surface area contributed by atoms with Crippen LogP contribution in [0.1, 0.15) is 42.6 Å². The molecule has 0 N–H and O–H groups in total. The maximum absolute atomic E-state index is 11.1. The Labute approximate surface area is 100 Å². The van der Waals surface area contributed by atoms with Gasteiger partial charge in [-0.25, -0.2) is 14.8 Å². The minimum absolute atomic E-state index is 0.198. The van der Waals surface area contributed by atoms with E-state index in [1.807, 2.05) is 0 Å². The molecule has 2 rings (SSSR count). The van der Waals surface area contributed by atoms with Crippen LogP contribution in [0.4, 0.5) is 0 Å². The zero-order valence-corrected chi connectivity index (χ0v) is 9.89. The van der Waals surface area contributed by atoms with Crippen LogP contribution < -0.4 is 4.74 Å². The van der Waals surface area contributed by atoms with Gasteiger partial charge < -0.3 is 9.47 Å². The number of esters is 1. The first-order valence-electron chi connectivity index (χ1n) is 5.86. The number of methoxy groups -OCH3 is 1. The summed E-state index contributed by atoms with van der Waals surface area (Å²) in [5.74, 6) is -0.00808. The van der Waals surface area contributed by atoms with Gasteiger partial charge in [-0.3, -0.25) is 0 Å². The van der Waals surface area contributed by atoms with E-state index >= 15 is 0 Å². The zero-order valence-electron chi connectivity index (χ0n) is 9.89. The Bertz CT molecular complexity index is 372. The lowest BCUT2D eigenvalue weighted by Gasteiger charge is -2.21. The SMILES string of the molecule is COC(=O)c1cnc(OC2CCCCC2)cn1.